The summed E-state index contributed by atoms with van der Waals surface area (Å²) in [5.41, 5.74) is 5.36. The molecule has 0 saturated carbocycles. The Morgan fingerprint density at radius 3 is 2.23 bits per heavy atom. The molecule has 0 atom stereocenters. The first-order valence-electron chi connectivity index (χ1n) is 6.85. The smallest absolute Gasteiger partial charge is 0.175 e. The molecule has 0 fully saturated rings. The highest BCUT2D eigenvalue weighted by Crippen LogP contribution is 2.18. The molecule has 0 aliphatic carbocycles. The standard InChI is InChI=1S/C16H15N5S/c1-10-11(2)19-15-9-13(3-4-14(15)18-10)21-16(22)20-12-5-7-17-8-6-12/h3-9H,1-2H3,(H2,17,20,21,22). The van der Waals surface area contributed by atoms with Crippen molar-refractivity contribution >= 4 is 39.7 Å². The fraction of sp³-hybridized carbons (Fsp3) is 0.125. The molecule has 6 heteroatoms. The van der Waals surface area contributed by atoms with Gasteiger partial charge in [0, 0.05) is 23.8 Å². The number of hydrogen-bond donors (Lipinski definition) is 2. The number of nitrogens with zero attached hydrogens (tertiary/aromatic N) is 3. The number of hydrogen-bond acceptors (Lipinski definition) is 4. The van der Waals surface area contributed by atoms with Crippen LogP contribution in [-0.2, 0) is 0 Å². The number of anilines is 2. The minimum absolute atomic E-state index is 0.516. The maximum absolute atomic E-state index is 5.31. The Morgan fingerprint density at radius 1 is 0.864 bits per heavy atom. The van der Waals surface area contributed by atoms with Gasteiger partial charge in [-0.15, -0.1) is 0 Å². The van der Waals surface area contributed by atoms with E-state index in [4.69, 9.17) is 12.2 Å². The van der Waals surface area contributed by atoms with Gasteiger partial charge < -0.3 is 10.6 Å². The van der Waals surface area contributed by atoms with E-state index in [0.29, 0.717) is 5.11 Å². The van der Waals surface area contributed by atoms with Gasteiger partial charge in [0.1, 0.15) is 0 Å². The van der Waals surface area contributed by atoms with Gasteiger partial charge in [-0.3, -0.25) is 4.98 Å². The molecule has 0 aliphatic rings. The molecule has 110 valence electrons. The SMILES string of the molecule is Cc1nc2ccc(NC(=S)Nc3ccncc3)cc2nc1C. The average Bonchev–Trinajstić information content (AvgIpc) is 2.49. The third-order valence-corrected chi connectivity index (χ3v) is 3.48. The molecule has 0 aliphatic heterocycles. The molecule has 0 radical (unpaired) electrons. The Labute approximate surface area is 133 Å². The number of nitrogens with one attached hydrogen (secondary N) is 2. The number of fused-ring (bicyclic) bond motifs is 1. The summed E-state index contributed by atoms with van der Waals surface area (Å²) in [7, 11) is 0. The largest absolute Gasteiger partial charge is 0.332 e. The van der Waals surface area contributed by atoms with Crippen molar-refractivity contribution < 1.29 is 0 Å². The summed E-state index contributed by atoms with van der Waals surface area (Å²) in [5.74, 6) is 0. The van der Waals surface area contributed by atoms with Gasteiger partial charge in [-0.25, -0.2) is 9.97 Å². The molecule has 0 bridgehead atoms. The van der Waals surface area contributed by atoms with E-state index in [9.17, 15) is 0 Å². The van der Waals surface area contributed by atoms with E-state index >= 15 is 0 Å². The molecule has 5 nitrogen and oxygen atoms in total. The van der Waals surface area contributed by atoms with Crippen molar-refractivity contribution in [3.8, 4) is 0 Å². The van der Waals surface area contributed by atoms with Crippen molar-refractivity contribution in [1.82, 2.24) is 15.0 Å². The third-order valence-electron chi connectivity index (χ3n) is 3.27. The summed E-state index contributed by atoms with van der Waals surface area (Å²) in [4.78, 5) is 13.0. The highest BCUT2D eigenvalue weighted by Gasteiger charge is 2.04. The molecule has 2 aromatic heterocycles. The normalized spacial score (nSPS) is 10.5. The summed E-state index contributed by atoms with van der Waals surface area (Å²) in [6, 6.07) is 9.52. The van der Waals surface area contributed by atoms with Gasteiger partial charge in [0.25, 0.3) is 0 Å². The Hall–Kier alpha value is -2.60. The number of aromatic nitrogens is 3. The van der Waals surface area contributed by atoms with E-state index in [2.05, 4.69) is 25.6 Å². The van der Waals surface area contributed by atoms with Crippen LogP contribution in [0.5, 0.6) is 0 Å². The van der Waals surface area contributed by atoms with Gasteiger partial charge in [0.05, 0.1) is 22.4 Å². The summed E-state index contributed by atoms with van der Waals surface area (Å²) in [6.07, 6.45) is 3.42. The van der Waals surface area contributed by atoms with Crippen molar-refractivity contribution in [3.05, 3.63) is 54.1 Å². The zero-order valence-corrected chi connectivity index (χ0v) is 13.1. The number of pyridine rings is 1. The van der Waals surface area contributed by atoms with Crippen LogP contribution in [0.1, 0.15) is 11.4 Å². The van der Waals surface area contributed by atoms with Crippen LogP contribution in [0.4, 0.5) is 11.4 Å². The zero-order chi connectivity index (χ0) is 15.5. The molecule has 0 spiro atoms. The second-order valence-electron chi connectivity index (χ2n) is 4.91. The molecule has 0 amide bonds. The van der Waals surface area contributed by atoms with Crippen molar-refractivity contribution in [1.29, 1.82) is 0 Å². The summed E-state index contributed by atoms with van der Waals surface area (Å²) in [5, 5.41) is 6.77. The van der Waals surface area contributed by atoms with Crippen molar-refractivity contribution in [2.75, 3.05) is 10.6 Å². The lowest BCUT2D eigenvalue weighted by Gasteiger charge is -2.11. The van der Waals surface area contributed by atoms with E-state index in [-0.39, 0.29) is 0 Å². The number of benzene rings is 1. The lowest BCUT2D eigenvalue weighted by atomic mass is 10.2. The van der Waals surface area contributed by atoms with Gasteiger partial charge in [0.2, 0.25) is 0 Å². The first kappa shape index (κ1) is 14.3. The highest BCUT2D eigenvalue weighted by molar-refractivity contribution is 7.80. The number of thiocarbonyl (C=S) groups is 1. The zero-order valence-electron chi connectivity index (χ0n) is 12.3. The minimum Gasteiger partial charge on any atom is -0.332 e. The topological polar surface area (TPSA) is 62.7 Å². The van der Waals surface area contributed by atoms with Crippen LogP contribution < -0.4 is 10.6 Å². The van der Waals surface area contributed by atoms with Crippen LogP contribution >= 0.6 is 12.2 Å². The minimum atomic E-state index is 0.516. The number of aryl methyl sites for hydroxylation is 2. The molecule has 0 unspecified atom stereocenters. The van der Waals surface area contributed by atoms with Crippen LogP contribution in [-0.4, -0.2) is 20.1 Å². The molecule has 2 heterocycles. The van der Waals surface area contributed by atoms with Gasteiger partial charge in [-0.1, -0.05) is 0 Å². The lowest BCUT2D eigenvalue weighted by Crippen LogP contribution is -2.19. The maximum Gasteiger partial charge on any atom is 0.175 e. The Bertz CT molecular complexity index is 833. The molecule has 3 aromatic rings. The first-order chi connectivity index (χ1) is 10.6. The van der Waals surface area contributed by atoms with Crippen LogP contribution in [0, 0.1) is 13.8 Å². The van der Waals surface area contributed by atoms with Crippen LogP contribution in [0.3, 0.4) is 0 Å². The van der Waals surface area contributed by atoms with Gasteiger partial charge >= 0.3 is 0 Å². The van der Waals surface area contributed by atoms with E-state index < -0.39 is 0 Å². The molecule has 3 rings (SSSR count). The second-order valence-corrected chi connectivity index (χ2v) is 5.32. The third kappa shape index (κ3) is 3.17. The summed E-state index contributed by atoms with van der Waals surface area (Å²) >= 11 is 5.31. The maximum atomic E-state index is 5.31. The van der Waals surface area contributed by atoms with Gasteiger partial charge in [0.15, 0.2) is 5.11 Å². The van der Waals surface area contributed by atoms with Crippen molar-refractivity contribution in [2.24, 2.45) is 0 Å². The number of rotatable bonds is 2. The van der Waals surface area contributed by atoms with Crippen molar-refractivity contribution in [2.45, 2.75) is 13.8 Å². The quantitative estimate of drug-likeness (QED) is 0.707. The highest BCUT2D eigenvalue weighted by atomic mass is 32.1. The van der Waals surface area contributed by atoms with E-state index in [1.807, 2.05) is 44.2 Å². The predicted molar refractivity (Wildman–Crippen MR) is 93.1 cm³/mol. The van der Waals surface area contributed by atoms with Crippen LogP contribution in [0.2, 0.25) is 0 Å². The predicted octanol–water partition coefficient (Wildman–Crippen LogP) is 3.45. The fourth-order valence-corrected chi connectivity index (χ4v) is 2.27. The molecular formula is C16H15N5S. The van der Waals surface area contributed by atoms with E-state index in [1.54, 1.807) is 12.4 Å². The molecular weight excluding hydrogens is 294 g/mol. The summed E-state index contributed by atoms with van der Waals surface area (Å²) in [6.45, 7) is 3.92. The van der Waals surface area contributed by atoms with E-state index in [0.717, 1.165) is 33.8 Å². The monoisotopic (exact) mass is 309 g/mol. The Morgan fingerprint density at radius 2 is 1.50 bits per heavy atom. The van der Waals surface area contributed by atoms with Gasteiger partial charge in [-0.2, -0.15) is 0 Å². The molecule has 22 heavy (non-hydrogen) atoms. The molecule has 0 saturated heterocycles. The fourth-order valence-electron chi connectivity index (χ4n) is 2.04. The van der Waals surface area contributed by atoms with E-state index in [1.165, 1.54) is 0 Å². The molecule has 2 N–H and O–H groups in total. The Kier molecular flexibility index (Phi) is 3.93. The van der Waals surface area contributed by atoms with Crippen LogP contribution in [0.15, 0.2) is 42.7 Å². The van der Waals surface area contributed by atoms with Gasteiger partial charge in [-0.05, 0) is 56.4 Å². The average molecular weight is 309 g/mol. The second kappa shape index (κ2) is 6.03. The van der Waals surface area contributed by atoms with Crippen molar-refractivity contribution in [3.63, 3.8) is 0 Å². The summed E-state index contributed by atoms with van der Waals surface area (Å²) < 4.78 is 0. The first-order valence-corrected chi connectivity index (χ1v) is 7.26. The Balaban J connectivity index is 1.79. The lowest BCUT2D eigenvalue weighted by molar-refractivity contribution is 1.10. The van der Waals surface area contributed by atoms with Crippen LogP contribution in [0.25, 0.3) is 11.0 Å². The molecule has 1 aromatic carbocycles.